The van der Waals surface area contributed by atoms with Gasteiger partial charge in [0.1, 0.15) is 11.2 Å². The maximum atomic E-state index is 11.5. The first-order chi connectivity index (χ1) is 6.76. The first kappa shape index (κ1) is 11.8. The van der Waals surface area contributed by atoms with Crippen LogP contribution in [-0.4, -0.2) is 41.8 Å². The molecule has 0 atom stereocenters. The fraction of sp³-hybridized carbons (Fsp3) is 0.800. The minimum atomic E-state index is -0.543. The first-order valence-corrected chi connectivity index (χ1v) is 4.85. The highest BCUT2D eigenvalue weighted by Gasteiger charge is 2.44. The van der Waals surface area contributed by atoms with Gasteiger partial charge in [-0.1, -0.05) is 0 Å². The minimum Gasteiger partial charge on any atom is -0.458 e. The fourth-order valence-electron chi connectivity index (χ4n) is 1.41. The molecule has 0 unspecified atom stereocenters. The number of hydrogen-bond acceptors (Lipinski definition) is 4. The van der Waals surface area contributed by atoms with Gasteiger partial charge in [-0.15, -0.1) is 0 Å². The summed E-state index contributed by atoms with van der Waals surface area (Å²) in [6.45, 7) is 8.40. The quantitative estimate of drug-likeness (QED) is 0.649. The molecular formula is C10H17NO4. The fourth-order valence-corrected chi connectivity index (χ4v) is 1.41. The number of ether oxygens (including phenoxy) is 2. The molecule has 1 fully saturated rings. The smallest absolute Gasteiger partial charge is 0.410 e. The molecule has 1 amide bonds. The largest absolute Gasteiger partial charge is 0.458 e. The average molecular weight is 215 g/mol. The van der Waals surface area contributed by atoms with E-state index in [0.29, 0.717) is 19.6 Å². The van der Waals surface area contributed by atoms with Crippen molar-refractivity contribution < 1.29 is 19.1 Å². The number of carbonyl (C=O) groups excluding carboxylic acids is 2. The van der Waals surface area contributed by atoms with E-state index in [1.165, 1.54) is 4.90 Å². The van der Waals surface area contributed by atoms with Crippen molar-refractivity contribution in [2.45, 2.75) is 38.9 Å². The maximum absolute atomic E-state index is 11.5. The van der Waals surface area contributed by atoms with Crippen LogP contribution in [0, 0.1) is 0 Å². The number of hydrogen-bond donors (Lipinski definition) is 0. The average Bonchev–Trinajstić information content (AvgIpc) is 1.96. The molecule has 0 radical (unpaired) electrons. The highest BCUT2D eigenvalue weighted by Crippen LogP contribution is 2.25. The molecule has 0 saturated carbocycles. The summed E-state index contributed by atoms with van der Waals surface area (Å²) in [5, 5.41) is 0. The molecule has 1 heterocycles. The van der Waals surface area contributed by atoms with Crippen molar-refractivity contribution in [3.8, 4) is 0 Å². The first-order valence-electron chi connectivity index (χ1n) is 4.85. The van der Waals surface area contributed by atoms with Crippen molar-refractivity contribution in [1.82, 2.24) is 4.90 Å². The van der Waals surface area contributed by atoms with E-state index >= 15 is 0 Å². The summed E-state index contributed by atoms with van der Waals surface area (Å²) in [7, 11) is 0. The molecule has 0 aromatic heterocycles. The van der Waals surface area contributed by atoms with Crippen LogP contribution in [0.1, 0.15) is 27.7 Å². The SMILES string of the molecule is CC(C)(C)OC(=O)N1CC(C)(OC=O)C1. The second kappa shape index (κ2) is 3.72. The van der Waals surface area contributed by atoms with Crippen molar-refractivity contribution in [2.24, 2.45) is 0 Å². The van der Waals surface area contributed by atoms with Crippen LogP contribution in [0.25, 0.3) is 0 Å². The standard InChI is InChI=1S/C10H17NO4/c1-9(2,3)15-8(13)11-5-10(4,6-11)14-7-12/h7H,5-6H2,1-4H3. The Hall–Kier alpha value is -1.26. The van der Waals surface area contributed by atoms with E-state index in [1.807, 2.05) is 20.8 Å². The number of likely N-dealkylation sites (tertiary alicyclic amines) is 1. The zero-order valence-corrected chi connectivity index (χ0v) is 9.57. The number of rotatable bonds is 2. The van der Waals surface area contributed by atoms with E-state index in [4.69, 9.17) is 9.47 Å². The summed E-state index contributed by atoms with van der Waals surface area (Å²) in [4.78, 5) is 23.2. The zero-order chi connectivity index (χ0) is 11.7. The molecule has 5 heteroatoms. The van der Waals surface area contributed by atoms with Gasteiger partial charge in [-0.25, -0.2) is 4.79 Å². The van der Waals surface area contributed by atoms with Crippen LogP contribution in [0.4, 0.5) is 4.79 Å². The monoisotopic (exact) mass is 215 g/mol. The predicted octanol–water partition coefficient (Wildman–Crippen LogP) is 1.17. The molecule has 0 bridgehead atoms. The molecule has 0 spiro atoms. The van der Waals surface area contributed by atoms with Gasteiger partial charge in [0, 0.05) is 0 Å². The Morgan fingerprint density at radius 1 is 1.40 bits per heavy atom. The molecule has 0 aromatic rings. The van der Waals surface area contributed by atoms with Gasteiger partial charge in [0.2, 0.25) is 0 Å². The summed E-state index contributed by atoms with van der Waals surface area (Å²) < 4.78 is 10.0. The minimum absolute atomic E-state index is 0.366. The Kier molecular flexibility index (Phi) is 2.93. The zero-order valence-electron chi connectivity index (χ0n) is 9.57. The Labute approximate surface area is 89.3 Å². The third kappa shape index (κ3) is 3.11. The van der Waals surface area contributed by atoms with E-state index in [2.05, 4.69) is 0 Å². The van der Waals surface area contributed by atoms with Crippen LogP contribution in [0.3, 0.4) is 0 Å². The van der Waals surface area contributed by atoms with Gasteiger partial charge in [0.05, 0.1) is 13.1 Å². The molecule has 86 valence electrons. The van der Waals surface area contributed by atoms with E-state index in [-0.39, 0.29) is 6.09 Å². The van der Waals surface area contributed by atoms with Crippen LogP contribution < -0.4 is 0 Å². The van der Waals surface area contributed by atoms with Gasteiger partial charge in [-0.3, -0.25) is 4.79 Å². The van der Waals surface area contributed by atoms with Crippen molar-refractivity contribution in [1.29, 1.82) is 0 Å². The third-order valence-corrected chi connectivity index (χ3v) is 2.03. The van der Waals surface area contributed by atoms with Crippen LogP contribution in [0.15, 0.2) is 0 Å². The lowest BCUT2D eigenvalue weighted by molar-refractivity contribution is -0.159. The molecule has 5 nitrogen and oxygen atoms in total. The highest BCUT2D eigenvalue weighted by atomic mass is 16.6. The summed E-state index contributed by atoms with van der Waals surface area (Å²) >= 11 is 0. The maximum Gasteiger partial charge on any atom is 0.410 e. The Morgan fingerprint density at radius 2 is 1.93 bits per heavy atom. The Bertz CT molecular complexity index is 263. The highest BCUT2D eigenvalue weighted by molar-refractivity contribution is 5.69. The van der Waals surface area contributed by atoms with Gasteiger partial charge in [-0.2, -0.15) is 0 Å². The van der Waals surface area contributed by atoms with Crippen LogP contribution >= 0.6 is 0 Å². The van der Waals surface area contributed by atoms with Crippen molar-refractivity contribution >= 4 is 12.6 Å². The van der Waals surface area contributed by atoms with Crippen LogP contribution in [0.2, 0.25) is 0 Å². The number of nitrogens with zero attached hydrogens (tertiary/aromatic N) is 1. The number of carbonyl (C=O) groups is 2. The second-order valence-corrected chi connectivity index (χ2v) is 5.00. The van der Waals surface area contributed by atoms with Gasteiger partial charge < -0.3 is 14.4 Å². The normalized spacial score (nSPS) is 19.1. The summed E-state index contributed by atoms with van der Waals surface area (Å²) in [6, 6.07) is 0. The molecule has 0 aromatic carbocycles. The van der Waals surface area contributed by atoms with E-state index in [0.717, 1.165) is 0 Å². The molecular weight excluding hydrogens is 198 g/mol. The molecule has 15 heavy (non-hydrogen) atoms. The molecule has 1 aliphatic rings. The van der Waals surface area contributed by atoms with Gasteiger partial charge in [-0.05, 0) is 27.7 Å². The van der Waals surface area contributed by atoms with Crippen molar-refractivity contribution in [3.63, 3.8) is 0 Å². The van der Waals surface area contributed by atoms with Crippen molar-refractivity contribution in [3.05, 3.63) is 0 Å². The molecule has 0 aliphatic carbocycles. The van der Waals surface area contributed by atoms with Gasteiger partial charge in [0.25, 0.3) is 6.47 Å². The van der Waals surface area contributed by atoms with E-state index < -0.39 is 11.2 Å². The Balaban J connectivity index is 2.38. The summed E-state index contributed by atoms with van der Waals surface area (Å²) in [5.41, 5.74) is -1.03. The lowest BCUT2D eigenvalue weighted by Crippen LogP contribution is -2.63. The lowest BCUT2D eigenvalue weighted by Gasteiger charge is -2.45. The lowest BCUT2D eigenvalue weighted by atomic mass is 9.97. The Morgan fingerprint density at radius 3 is 2.33 bits per heavy atom. The van der Waals surface area contributed by atoms with Gasteiger partial charge >= 0.3 is 6.09 Å². The summed E-state index contributed by atoms with van der Waals surface area (Å²) in [6.07, 6.45) is -0.366. The van der Waals surface area contributed by atoms with Crippen molar-refractivity contribution in [2.75, 3.05) is 13.1 Å². The third-order valence-electron chi connectivity index (χ3n) is 2.03. The van der Waals surface area contributed by atoms with Crippen LogP contribution in [0.5, 0.6) is 0 Å². The topological polar surface area (TPSA) is 55.8 Å². The summed E-state index contributed by atoms with van der Waals surface area (Å²) in [5.74, 6) is 0. The van der Waals surface area contributed by atoms with Crippen LogP contribution in [-0.2, 0) is 14.3 Å². The van der Waals surface area contributed by atoms with Gasteiger partial charge in [0.15, 0.2) is 0 Å². The van der Waals surface area contributed by atoms with E-state index in [1.54, 1.807) is 6.92 Å². The molecule has 1 saturated heterocycles. The van der Waals surface area contributed by atoms with E-state index in [9.17, 15) is 9.59 Å². The second-order valence-electron chi connectivity index (χ2n) is 5.00. The molecule has 0 N–H and O–H groups in total. The molecule has 1 rings (SSSR count). The molecule has 1 aliphatic heterocycles. The number of amides is 1. The predicted molar refractivity (Wildman–Crippen MR) is 53.4 cm³/mol.